The number of hydrazine groups is 1. The molecule has 1 aromatic carbocycles. The van der Waals surface area contributed by atoms with Crippen molar-refractivity contribution < 1.29 is 4.39 Å². The van der Waals surface area contributed by atoms with Gasteiger partial charge >= 0.3 is 0 Å². The monoisotopic (exact) mass is 311 g/mol. The number of halogens is 2. The van der Waals surface area contributed by atoms with Crippen LogP contribution in [0.5, 0.6) is 0 Å². The highest BCUT2D eigenvalue weighted by atomic mass is 35.5. The Morgan fingerprint density at radius 3 is 2.62 bits per heavy atom. The lowest BCUT2D eigenvalue weighted by atomic mass is 10.0. The van der Waals surface area contributed by atoms with Crippen molar-refractivity contribution in [2.45, 2.75) is 12.6 Å². The molecule has 0 saturated heterocycles. The molecule has 21 heavy (non-hydrogen) atoms. The zero-order valence-corrected chi connectivity index (χ0v) is 12.8. The first-order valence-corrected chi connectivity index (χ1v) is 6.98. The third-order valence-corrected chi connectivity index (χ3v) is 3.53. The second-order valence-electron chi connectivity index (χ2n) is 5.06. The van der Waals surface area contributed by atoms with Crippen molar-refractivity contribution in [1.29, 1.82) is 0 Å². The van der Waals surface area contributed by atoms with Gasteiger partial charge in [0.1, 0.15) is 5.82 Å². The van der Waals surface area contributed by atoms with E-state index in [1.807, 2.05) is 18.8 Å². The summed E-state index contributed by atoms with van der Waals surface area (Å²) in [5.74, 6) is 5.38. The van der Waals surface area contributed by atoms with E-state index in [2.05, 4.69) is 15.4 Å². The molecule has 0 saturated carbocycles. The van der Waals surface area contributed by atoms with E-state index >= 15 is 0 Å². The zero-order chi connectivity index (χ0) is 15.4. The summed E-state index contributed by atoms with van der Waals surface area (Å²) < 4.78 is 14.9. The molecule has 1 heterocycles. The van der Waals surface area contributed by atoms with Crippen molar-refractivity contribution in [3.63, 3.8) is 0 Å². The number of nitrogens with two attached hydrogens (primary N) is 1. The smallest absolute Gasteiger partial charge is 0.123 e. The highest BCUT2D eigenvalue weighted by molar-refractivity contribution is 6.31. The van der Waals surface area contributed by atoms with E-state index in [1.165, 1.54) is 12.1 Å². The Morgan fingerprint density at radius 1 is 1.38 bits per heavy atom. The van der Waals surface area contributed by atoms with Crippen LogP contribution in [0.15, 0.2) is 30.5 Å². The van der Waals surface area contributed by atoms with Crippen molar-refractivity contribution in [2.24, 2.45) is 5.84 Å². The van der Waals surface area contributed by atoms with Crippen LogP contribution in [0.3, 0.4) is 0 Å². The van der Waals surface area contributed by atoms with Crippen molar-refractivity contribution in [2.75, 3.05) is 20.6 Å². The molecule has 0 spiro atoms. The maximum Gasteiger partial charge on any atom is 0.123 e. The molecule has 1 atom stereocenters. The van der Waals surface area contributed by atoms with E-state index < -0.39 is 0 Å². The number of hydrogen-bond acceptors (Lipinski definition) is 4. The van der Waals surface area contributed by atoms with Crippen LogP contribution in [-0.2, 0) is 6.54 Å². The standard InChI is InChI=1S/C14H19ClFN5/c1-20(2)7-8-21-14(12(15)9-18-21)13(19-17)10-3-5-11(16)6-4-10/h3-6,9,13,19H,7-8,17H2,1-2H3. The summed E-state index contributed by atoms with van der Waals surface area (Å²) in [5, 5.41) is 4.82. The number of aromatic nitrogens is 2. The summed E-state index contributed by atoms with van der Waals surface area (Å²) in [4.78, 5) is 2.06. The highest BCUT2D eigenvalue weighted by Crippen LogP contribution is 2.27. The predicted molar refractivity (Wildman–Crippen MR) is 81.4 cm³/mol. The zero-order valence-electron chi connectivity index (χ0n) is 12.1. The lowest BCUT2D eigenvalue weighted by molar-refractivity contribution is 0.365. The van der Waals surface area contributed by atoms with Crippen LogP contribution >= 0.6 is 11.6 Å². The largest absolute Gasteiger partial charge is 0.308 e. The van der Waals surface area contributed by atoms with Crippen molar-refractivity contribution in [3.05, 3.63) is 52.6 Å². The molecule has 5 nitrogen and oxygen atoms in total. The van der Waals surface area contributed by atoms with E-state index in [4.69, 9.17) is 17.4 Å². The molecule has 0 aliphatic rings. The van der Waals surface area contributed by atoms with Crippen molar-refractivity contribution >= 4 is 11.6 Å². The Balaban J connectivity index is 2.33. The van der Waals surface area contributed by atoms with Gasteiger partial charge in [-0.3, -0.25) is 10.5 Å². The summed E-state index contributed by atoms with van der Waals surface area (Å²) in [7, 11) is 3.98. The second-order valence-corrected chi connectivity index (χ2v) is 5.46. The molecule has 7 heteroatoms. The lowest BCUT2D eigenvalue weighted by Gasteiger charge is -2.20. The molecule has 0 bridgehead atoms. The average molecular weight is 312 g/mol. The third-order valence-electron chi connectivity index (χ3n) is 3.24. The number of rotatable bonds is 6. The van der Waals surface area contributed by atoms with Gasteiger partial charge in [0.05, 0.1) is 29.5 Å². The van der Waals surface area contributed by atoms with E-state index in [0.717, 1.165) is 17.8 Å². The van der Waals surface area contributed by atoms with Gasteiger partial charge in [-0.2, -0.15) is 5.10 Å². The van der Waals surface area contributed by atoms with Gasteiger partial charge in [-0.05, 0) is 31.8 Å². The summed E-state index contributed by atoms with van der Waals surface area (Å²) in [6.45, 7) is 1.51. The maximum atomic E-state index is 13.1. The van der Waals surface area contributed by atoms with Crippen LogP contribution in [0.2, 0.25) is 5.02 Å². The third kappa shape index (κ3) is 3.79. The number of benzene rings is 1. The molecule has 1 unspecified atom stereocenters. The molecule has 2 aromatic rings. The number of likely N-dealkylation sites (N-methyl/N-ethyl adjacent to an activating group) is 1. The average Bonchev–Trinajstić information content (AvgIpc) is 2.81. The van der Waals surface area contributed by atoms with Crippen LogP contribution < -0.4 is 11.3 Å². The molecule has 0 fully saturated rings. The Hall–Kier alpha value is -1.47. The molecular formula is C14H19ClFN5. The fourth-order valence-electron chi connectivity index (χ4n) is 2.12. The van der Waals surface area contributed by atoms with E-state index in [9.17, 15) is 4.39 Å². The Labute approximate surface area is 128 Å². The van der Waals surface area contributed by atoms with Gasteiger partial charge < -0.3 is 4.90 Å². The number of hydrogen-bond donors (Lipinski definition) is 2. The van der Waals surface area contributed by atoms with Crippen LogP contribution in [0, 0.1) is 5.82 Å². The highest BCUT2D eigenvalue weighted by Gasteiger charge is 2.21. The minimum Gasteiger partial charge on any atom is -0.308 e. The van der Waals surface area contributed by atoms with Crippen LogP contribution in [0.4, 0.5) is 4.39 Å². The second kappa shape index (κ2) is 7.00. The van der Waals surface area contributed by atoms with Crippen LogP contribution in [0.1, 0.15) is 17.3 Å². The molecule has 2 rings (SSSR count). The van der Waals surface area contributed by atoms with Crippen LogP contribution in [-0.4, -0.2) is 35.3 Å². The molecule has 0 amide bonds. The number of nitrogens with one attached hydrogen (secondary N) is 1. The molecule has 0 aliphatic carbocycles. The summed E-state index contributed by atoms with van der Waals surface area (Å²) in [6, 6.07) is 5.81. The SMILES string of the molecule is CN(C)CCn1ncc(Cl)c1C(NN)c1ccc(F)cc1. The molecule has 114 valence electrons. The minimum absolute atomic E-state index is 0.290. The van der Waals surface area contributed by atoms with Gasteiger partial charge in [-0.25, -0.2) is 9.82 Å². The fourth-order valence-corrected chi connectivity index (χ4v) is 2.37. The van der Waals surface area contributed by atoms with E-state index in [1.54, 1.807) is 18.3 Å². The first kappa shape index (κ1) is 15.9. The fraction of sp³-hybridized carbons (Fsp3) is 0.357. The first-order valence-electron chi connectivity index (χ1n) is 6.60. The molecule has 3 N–H and O–H groups in total. The Morgan fingerprint density at radius 2 is 2.05 bits per heavy atom. The van der Waals surface area contributed by atoms with Crippen molar-refractivity contribution in [3.8, 4) is 0 Å². The molecule has 1 aromatic heterocycles. The molecular weight excluding hydrogens is 293 g/mol. The Bertz CT molecular complexity index is 582. The summed E-state index contributed by atoms with van der Waals surface area (Å²) in [5.41, 5.74) is 4.32. The topological polar surface area (TPSA) is 59.1 Å². The van der Waals surface area contributed by atoms with Gasteiger partial charge in [0.25, 0.3) is 0 Å². The first-order chi connectivity index (χ1) is 10.0. The quantitative estimate of drug-likeness (QED) is 0.631. The van der Waals surface area contributed by atoms with E-state index in [-0.39, 0.29) is 11.9 Å². The van der Waals surface area contributed by atoms with Crippen molar-refractivity contribution in [1.82, 2.24) is 20.1 Å². The minimum atomic E-state index is -0.345. The predicted octanol–water partition coefficient (Wildman–Crippen LogP) is 1.79. The number of nitrogens with zero attached hydrogens (tertiary/aromatic N) is 3. The van der Waals surface area contributed by atoms with Gasteiger partial charge in [-0.15, -0.1) is 0 Å². The molecule has 0 aliphatic heterocycles. The van der Waals surface area contributed by atoms with Gasteiger partial charge in [0, 0.05) is 6.54 Å². The van der Waals surface area contributed by atoms with Gasteiger partial charge in [0.15, 0.2) is 0 Å². The van der Waals surface area contributed by atoms with Crippen LogP contribution in [0.25, 0.3) is 0 Å². The lowest BCUT2D eigenvalue weighted by Crippen LogP contribution is -2.32. The maximum absolute atomic E-state index is 13.1. The summed E-state index contributed by atoms with van der Waals surface area (Å²) in [6.07, 6.45) is 1.60. The molecule has 0 radical (unpaired) electrons. The Kier molecular flexibility index (Phi) is 5.30. The van der Waals surface area contributed by atoms with E-state index in [0.29, 0.717) is 11.6 Å². The summed E-state index contributed by atoms with van der Waals surface area (Å²) >= 11 is 6.25. The van der Waals surface area contributed by atoms with Gasteiger partial charge in [-0.1, -0.05) is 23.7 Å². The van der Waals surface area contributed by atoms with Gasteiger partial charge in [0.2, 0.25) is 0 Å². The normalized spacial score (nSPS) is 12.9.